The lowest BCUT2D eigenvalue weighted by molar-refractivity contribution is 0.0683. The zero-order chi connectivity index (χ0) is 10.8. The topological polar surface area (TPSA) is 68.0 Å². The van der Waals surface area contributed by atoms with Crippen LogP contribution in [0, 0.1) is 6.92 Å². The monoisotopic (exact) mass is 203 g/mol. The molecule has 0 aliphatic carbocycles. The molecule has 5 heteroatoms. The number of benzene rings is 1. The highest BCUT2D eigenvalue weighted by Gasteiger charge is 2.09. The molecule has 15 heavy (non-hydrogen) atoms. The lowest BCUT2D eigenvalue weighted by atomic mass is 10.2. The van der Waals surface area contributed by atoms with Crippen LogP contribution in [-0.2, 0) is 0 Å². The van der Waals surface area contributed by atoms with Gasteiger partial charge in [0.05, 0.1) is 5.69 Å². The second-order valence-corrected chi connectivity index (χ2v) is 3.16. The SMILES string of the molecule is Cc1cccc(-n2cnc(C(=O)O)n2)c1. The van der Waals surface area contributed by atoms with E-state index in [9.17, 15) is 4.79 Å². The number of aryl methyl sites for hydroxylation is 1. The van der Waals surface area contributed by atoms with Gasteiger partial charge in [0.2, 0.25) is 0 Å². The normalized spacial score (nSPS) is 10.2. The van der Waals surface area contributed by atoms with Crippen LogP contribution < -0.4 is 0 Å². The van der Waals surface area contributed by atoms with E-state index in [0.717, 1.165) is 11.3 Å². The van der Waals surface area contributed by atoms with Gasteiger partial charge in [-0.15, -0.1) is 5.10 Å². The van der Waals surface area contributed by atoms with Gasteiger partial charge in [0.15, 0.2) is 0 Å². The molecule has 2 rings (SSSR count). The molecule has 1 aromatic heterocycles. The number of carboxylic acid groups (broad SMARTS) is 1. The highest BCUT2D eigenvalue weighted by atomic mass is 16.4. The molecule has 0 fully saturated rings. The summed E-state index contributed by atoms with van der Waals surface area (Å²) in [5, 5.41) is 12.5. The molecule has 2 aromatic rings. The predicted octanol–water partition coefficient (Wildman–Crippen LogP) is 1.27. The van der Waals surface area contributed by atoms with Crippen LogP contribution in [0.5, 0.6) is 0 Å². The number of hydrogen-bond donors (Lipinski definition) is 1. The van der Waals surface area contributed by atoms with E-state index in [1.807, 2.05) is 31.2 Å². The predicted molar refractivity (Wildman–Crippen MR) is 53.1 cm³/mol. The van der Waals surface area contributed by atoms with Crippen molar-refractivity contribution in [3.63, 3.8) is 0 Å². The van der Waals surface area contributed by atoms with Crippen LogP contribution >= 0.6 is 0 Å². The average Bonchev–Trinajstić information content (AvgIpc) is 2.66. The van der Waals surface area contributed by atoms with Crippen LogP contribution in [0.25, 0.3) is 5.69 Å². The minimum absolute atomic E-state index is 0.198. The van der Waals surface area contributed by atoms with Gasteiger partial charge in [-0.05, 0) is 24.6 Å². The van der Waals surface area contributed by atoms with Crippen molar-refractivity contribution in [2.45, 2.75) is 6.92 Å². The first-order valence-corrected chi connectivity index (χ1v) is 4.39. The van der Waals surface area contributed by atoms with E-state index in [0.29, 0.717) is 0 Å². The van der Waals surface area contributed by atoms with Gasteiger partial charge in [0.1, 0.15) is 6.33 Å². The van der Waals surface area contributed by atoms with Gasteiger partial charge in [-0.2, -0.15) is 0 Å². The summed E-state index contributed by atoms with van der Waals surface area (Å²) in [7, 11) is 0. The quantitative estimate of drug-likeness (QED) is 0.798. The highest BCUT2D eigenvalue weighted by molar-refractivity contribution is 5.82. The number of aromatic nitrogens is 3. The summed E-state index contributed by atoms with van der Waals surface area (Å²) in [4.78, 5) is 14.2. The molecular formula is C10H9N3O2. The second kappa shape index (κ2) is 3.53. The van der Waals surface area contributed by atoms with Crippen molar-refractivity contribution in [3.8, 4) is 5.69 Å². The van der Waals surface area contributed by atoms with Crippen LogP contribution in [0.3, 0.4) is 0 Å². The number of carbonyl (C=O) groups is 1. The largest absolute Gasteiger partial charge is 0.475 e. The summed E-state index contributed by atoms with van der Waals surface area (Å²) in [5.41, 5.74) is 1.88. The van der Waals surface area contributed by atoms with Crippen molar-refractivity contribution < 1.29 is 9.90 Å². The van der Waals surface area contributed by atoms with E-state index in [-0.39, 0.29) is 5.82 Å². The minimum Gasteiger partial charge on any atom is -0.475 e. The Kier molecular flexibility index (Phi) is 2.21. The van der Waals surface area contributed by atoms with Gasteiger partial charge in [-0.1, -0.05) is 12.1 Å². The van der Waals surface area contributed by atoms with Gasteiger partial charge < -0.3 is 5.11 Å². The van der Waals surface area contributed by atoms with Crippen LogP contribution in [-0.4, -0.2) is 25.8 Å². The van der Waals surface area contributed by atoms with Gasteiger partial charge in [0, 0.05) is 0 Å². The van der Waals surface area contributed by atoms with Gasteiger partial charge in [-0.3, -0.25) is 0 Å². The molecule has 0 radical (unpaired) electrons. The number of rotatable bonds is 2. The molecule has 76 valence electrons. The van der Waals surface area contributed by atoms with Crippen molar-refractivity contribution >= 4 is 5.97 Å². The average molecular weight is 203 g/mol. The fourth-order valence-corrected chi connectivity index (χ4v) is 1.26. The standard InChI is InChI=1S/C10H9N3O2/c1-7-3-2-4-8(5-7)13-6-11-9(12-13)10(14)15/h2-6H,1H3,(H,14,15). The molecule has 1 aromatic carbocycles. The van der Waals surface area contributed by atoms with E-state index in [2.05, 4.69) is 10.1 Å². The first-order valence-electron chi connectivity index (χ1n) is 4.39. The van der Waals surface area contributed by atoms with Crippen LogP contribution in [0.2, 0.25) is 0 Å². The molecule has 0 amide bonds. The zero-order valence-electron chi connectivity index (χ0n) is 8.08. The second-order valence-electron chi connectivity index (χ2n) is 3.16. The number of nitrogens with zero attached hydrogens (tertiary/aromatic N) is 3. The van der Waals surface area contributed by atoms with Crippen LogP contribution in [0.1, 0.15) is 16.2 Å². The lowest BCUT2D eigenvalue weighted by Crippen LogP contribution is -2.01. The Morgan fingerprint density at radius 3 is 2.87 bits per heavy atom. The van der Waals surface area contributed by atoms with E-state index < -0.39 is 5.97 Å². The van der Waals surface area contributed by atoms with Crippen LogP contribution in [0.4, 0.5) is 0 Å². The summed E-state index contributed by atoms with van der Waals surface area (Å²) in [6, 6.07) is 7.58. The molecule has 0 spiro atoms. The highest BCUT2D eigenvalue weighted by Crippen LogP contribution is 2.08. The maximum absolute atomic E-state index is 10.6. The lowest BCUT2D eigenvalue weighted by Gasteiger charge is -2.00. The van der Waals surface area contributed by atoms with Gasteiger partial charge in [-0.25, -0.2) is 14.5 Å². The van der Waals surface area contributed by atoms with Crippen LogP contribution in [0.15, 0.2) is 30.6 Å². The summed E-state index contributed by atoms with van der Waals surface area (Å²) >= 11 is 0. The molecule has 0 saturated heterocycles. The van der Waals surface area contributed by atoms with Crippen molar-refractivity contribution in [2.75, 3.05) is 0 Å². The molecule has 0 aliphatic heterocycles. The summed E-state index contributed by atoms with van der Waals surface area (Å²) < 4.78 is 1.44. The third kappa shape index (κ3) is 1.85. The smallest absolute Gasteiger partial charge is 0.375 e. The molecule has 5 nitrogen and oxygen atoms in total. The molecule has 0 unspecified atom stereocenters. The van der Waals surface area contributed by atoms with E-state index in [1.165, 1.54) is 11.0 Å². The third-order valence-electron chi connectivity index (χ3n) is 1.95. The maximum Gasteiger partial charge on any atom is 0.375 e. The Morgan fingerprint density at radius 2 is 2.27 bits per heavy atom. The number of carboxylic acids is 1. The Morgan fingerprint density at radius 1 is 1.47 bits per heavy atom. The van der Waals surface area contributed by atoms with Crippen molar-refractivity contribution in [1.29, 1.82) is 0 Å². The molecule has 1 N–H and O–H groups in total. The van der Waals surface area contributed by atoms with Crippen molar-refractivity contribution in [3.05, 3.63) is 42.0 Å². The number of hydrogen-bond acceptors (Lipinski definition) is 3. The first-order chi connectivity index (χ1) is 7.16. The summed E-state index contributed by atoms with van der Waals surface area (Å²) in [5.74, 6) is -1.32. The Bertz CT molecular complexity index is 505. The minimum atomic E-state index is -1.12. The molecular weight excluding hydrogens is 194 g/mol. The zero-order valence-corrected chi connectivity index (χ0v) is 8.08. The van der Waals surface area contributed by atoms with Gasteiger partial charge >= 0.3 is 5.97 Å². The Balaban J connectivity index is 2.41. The summed E-state index contributed by atoms with van der Waals surface area (Å²) in [6.45, 7) is 1.96. The van der Waals surface area contributed by atoms with Crippen molar-refractivity contribution in [2.24, 2.45) is 0 Å². The Hall–Kier alpha value is -2.17. The summed E-state index contributed by atoms with van der Waals surface area (Å²) in [6.07, 6.45) is 1.39. The van der Waals surface area contributed by atoms with E-state index in [1.54, 1.807) is 0 Å². The molecule has 0 atom stereocenters. The fraction of sp³-hybridized carbons (Fsp3) is 0.100. The van der Waals surface area contributed by atoms with Gasteiger partial charge in [0.25, 0.3) is 5.82 Å². The molecule has 0 aliphatic rings. The fourth-order valence-electron chi connectivity index (χ4n) is 1.26. The maximum atomic E-state index is 10.6. The molecule has 0 saturated carbocycles. The molecule has 0 bridgehead atoms. The Labute approximate surface area is 86.0 Å². The third-order valence-corrected chi connectivity index (χ3v) is 1.95. The van der Waals surface area contributed by atoms with Crippen molar-refractivity contribution in [1.82, 2.24) is 14.8 Å². The first kappa shape index (κ1) is 9.39. The number of aromatic carboxylic acids is 1. The molecule has 1 heterocycles. The van der Waals surface area contributed by atoms with E-state index in [4.69, 9.17) is 5.11 Å². The van der Waals surface area contributed by atoms with E-state index >= 15 is 0 Å².